The van der Waals surface area contributed by atoms with E-state index in [2.05, 4.69) is 5.32 Å². The Balaban J connectivity index is 0.00000220. The molecule has 114 valence electrons. The number of rotatable bonds is 5. The van der Waals surface area contributed by atoms with E-state index in [-0.39, 0.29) is 35.8 Å². The second-order valence-corrected chi connectivity index (χ2v) is 4.69. The first-order valence-electron chi connectivity index (χ1n) is 6.45. The highest BCUT2D eigenvalue weighted by molar-refractivity contribution is 5.92. The Labute approximate surface area is 128 Å². The molecular formula is C15H18ClFN2O2. The fraction of sp³-hybridized carbons (Fsp3) is 0.267. The lowest BCUT2D eigenvalue weighted by molar-refractivity contribution is 0.0921. The third-order valence-electron chi connectivity index (χ3n) is 2.98. The molecule has 1 heterocycles. The molecule has 1 unspecified atom stereocenters. The summed E-state index contributed by atoms with van der Waals surface area (Å²) < 4.78 is 19.0. The Bertz CT molecular complexity index is 601. The second kappa shape index (κ2) is 7.81. The number of benzene rings is 1. The van der Waals surface area contributed by atoms with Crippen LogP contribution < -0.4 is 11.1 Å². The van der Waals surface area contributed by atoms with Crippen LogP contribution in [0.3, 0.4) is 0 Å². The first-order valence-corrected chi connectivity index (χ1v) is 6.45. The topological polar surface area (TPSA) is 68.3 Å². The molecule has 1 atom stereocenters. The van der Waals surface area contributed by atoms with Crippen LogP contribution in [0.2, 0.25) is 0 Å². The van der Waals surface area contributed by atoms with Crippen molar-refractivity contribution in [2.45, 2.75) is 6.92 Å². The highest BCUT2D eigenvalue weighted by Crippen LogP contribution is 2.24. The van der Waals surface area contributed by atoms with Crippen molar-refractivity contribution >= 4 is 18.3 Å². The molecule has 0 saturated carbocycles. The van der Waals surface area contributed by atoms with Gasteiger partial charge in [0, 0.05) is 6.54 Å². The molecule has 0 aliphatic rings. The SMILES string of the molecule is CC(CN)CNC(=O)c1ccc(-c2ccccc2F)o1.Cl. The van der Waals surface area contributed by atoms with Crippen LogP contribution in [0.5, 0.6) is 0 Å². The molecule has 0 spiro atoms. The number of halogens is 2. The molecule has 1 aromatic heterocycles. The minimum atomic E-state index is -0.384. The third kappa shape index (κ3) is 4.31. The lowest BCUT2D eigenvalue weighted by Crippen LogP contribution is -2.30. The summed E-state index contributed by atoms with van der Waals surface area (Å²) in [7, 11) is 0. The number of hydrogen-bond acceptors (Lipinski definition) is 3. The van der Waals surface area contributed by atoms with Gasteiger partial charge in [-0.05, 0) is 36.7 Å². The summed E-state index contributed by atoms with van der Waals surface area (Å²) in [5, 5.41) is 2.72. The van der Waals surface area contributed by atoms with Crippen LogP contribution in [0.4, 0.5) is 4.39 Å². The average Bonchev–Trinajstić information content (AvgIpc) is 2.94. The largest absolute Gasteiger partial charge is 0.451 e. The third-order valence-corrected chi connectivity index (χ3v) is 2.98. The molecule has 3 N–H and O–H groups in total. The van der Waals surface area contributed by atoms with Gasteiger partial charge in [-0.3, -0.25) is 4.79 Å². The van der Waals surface area contributed by atoms with E-state index >= 15 is 0 Å². The maximum absolute atomic E-state index is 13.6. The molecule has 0 radical (unpaired) electrons. The van der Waals surface area contributed by atoms with Gasteiger partial charge in [-0.15, -0.1) is 12.4 Å². The van der Waals surface area contributed by atoms with Crippen LogP contribution in [0, 0.1) is 11.7 Å². The summed E-state index contributed by atoms with van der Waals surface area (Å²) in [4.78, 5) is 11.9. The Morgan fingerprint density at radius 3 is 2.71 bits per heavy atom. The molecule has 6 heteroatoms. The van der Waals surface area contributed by atoms with Gasteiger partial charge in [-0.25, -0.2) is 4.39 Å². The van der Waals surface area contributed by atoms with Gasteiger partial charge >= 0.3 is 0 Å². The minimum absolute atomic E-state index is 0. The molecule has 0 aliphatic heterocycles. The molecule has 2 rings (SSSR count). The predicted octanol–water partition coefficient (Wildman–Crippen LogP) is 2.83. The van der Waals surface area contributed by atoms with E-state index in [1.165, 1.54) is 12.1 Å². The van der Waals surface area contributed by atoms with Crippen molar-refractivity contribution < 1.29 is 13.6 Å². The lowest BCUT2D eigenvalue weighted by Gasteiger charge is -2.08. The van der Waals surface area contributed by atoms with Gasteiger partial charge in [0.15, 0.2) is 5.76 Å². The first kappa shape index (κ1) is 17.2. The Kier molecular flexibility index (Phi) is 6.39. The average molecular weight is 313 g/mol. The Morgan fingerprint density at radius 2 is 2.05 bits per heavy atom. The molecule has 0 aliphatic carbocycles. The van der Waals surface area contributed by atoms with E-state index in [1.807, 2.05) is 6.92 Å². The van der Waals surface area contributed by atoms with Gasteiger partial charge in [0.2, 0.25) is 0 Å². The predicted molar refractivity (Wildman–Crippen MR) is 81.9 cm³/mol. The number of nitrogens with one attached hydrogen (secondary N) is 1. The maximum Gasteiger partial charge on any atom is 0.287 e. The monoisotopic (exact) mass is 312 g/mol. The zero-order valence-electron chi connectivity index (χ0n) is 11.6. The first-order chi connectivity index (χ1) is 9.61. The van der Waals surface area contributed by atoms with Gasteiger partial charge in [-0.2, -0.15) is 0 Å². The summed E-state index contributed by atoms with van der Waals surface area (Å²) >= 11 is 0. The van der Waals surface area contributed by atoms with Crippen molar-refractivity contribution in [3.8, 4) is 11.3 Å². The van der Waals surface area contributed by atoms with E-state index in [9.17, 15) is 9.18 Å². The zero-order chi connectivity index (χ0) is 14.5. The summed E-state index contributed by atoms with van der Waals surface area (Å²) in [6.45, 7) is 2.91. The molecule has 0 saturated heterocycles. The van der Waals surface area contributed by atoms with Gasteiger partial charge in [-0.1, -0.05) is 19.1 Å². The quantitative estimate of drug-likeness (QED) is 0.892. The van der Waals surface area contributed by atoms with E-state index in [1.54, 1.807) is 24.3 Å². The standard InChI is InChI=1S/C15H17FN2O2.ClH/c1-10(8-17)9-18-15(19)14-7-6-13(20-14)11-4-2-3-5-12(11)16;/h2-7,10H,8-9,17H2,1H3,(H,18,19);1H. The highest BCUT2D eigenvalue weighted by Gasteiger charge is 2.14. The van der Waals surface area contributed by atoms with E-state index in [4.69, 9.17) is 10.2 Å². The smallest absolute Gasteiger partial charge is 0.287 e. The fourth-order valence-electron chi connectivity index (χ4n) is 1.70. The molecule has 0 bridgehead atoms. The summed E-state index contributed by atoms with van der Waals surface area (Å²) in [5.74, 6) is -0.0222. The van der Waals surface area contributed by atoms with Gasteiger partial charge < -0.3 is 15.5 Å². The van der Waals surface area contributed by atoms with Crippen molar-refractivity contribution in [1.82, 2.24) is 5.32 Å². The molecule has 0 fully saturated rings. The molecule has 21 heavy (non-hydrogen) atoms. The number of hydrogen-bond donors (Lipinski definition) is 2. The van der Waals surface area contributed by atoms with E-state index in [0.717, 1.165) is 0 Å². The maximum atomic E-state index is 13.6. The van der Waals surface area contributed by atoms with Crippen LogP contribution in [0.1, 0.15) is 17.5 Å². The minimum Gasteiger partial charge on any atom is -0.451 e. The van der Waals surface area contributed by atoms with E-state index in [0.29, 0.717) is 24.4 Å². The van der Waals surface area contributed by atoms with Crippen molar-refractivity contribution in [2.75, 3.05) is 13.1 Å². The lowest BCUT2D eigenvalue weighted by atomic mass is 10.1. The van der Waals surface area contributed by atoms with Crippen molar-refractivity contribution in [1.29, 1.82) is 0 Å². The number of carbonyl (C=O) groups is 1. The Morgan fingerprint density at radius 1 is 1.33 bits per heavy atom. The fourth-order valence-corrected chi connectivity index (χ4v) is 1.70. The normalized spacial score (nSPS) is 11.6. The summed E-state index contributed by atoms with van der Waals surface area (Å²) in [6.07, 6.45) is 0. The van der Waals surface area contributed by atoms with Crippen LogP contribution in [0.25, 0.3) is 11.3 Å². The van der Waals surface area contributed by atoms with Crippen molar-refractivity contribution in [3.63, 3.8) is 0 Å². The van der Waals surface area contributed by atoms with Crippen LogP contribution in [-0.2, 0) is 0 Å². The Hall–Kier alpha value is -1.85. The molecular weight excluding hydrogens is 295 g/mol. The number of carbonyl (C=O) groups excluding carboxylic acids is 1. The van der Waals surface area contributed by atoms with Crippen LogP contribution >= 0.6 is 12.4 Å². The van der Waals surface area contributed by atoms with Crippen LogP contribution in [0.15, 0.2) is 40.8 Å². The second-order valence-electron chi connectivity index (χ2n) is 4.69. The van der Waals surface area contributed by atoms with Crippen molar-refractivity contribution in [2.24, 2.45) is 11.7 Å². The number of amides is 1. The van der Waals surface area contributed by atoms with Crippen LogP contribution in [-0.4, -0.2) is 19.0 Å². The molecule has 1 aromatic carbocycles. The molecule has 2 aromatic rings. The molecule has 4 nitrogen and oxygen atoms in total. The molecule has 1 amide bonds. The van der Waals surface area contributed by atoms with Gasteiger partial charge in [0.1, 0.15) is 11.6 Å². The van der Waals surface area contributed by atoms with E-state index < -0.39 is 0 Å². The summed E-state index contributed by atoms with van der Waals surface area (Å²) in [5.41, 5.74) is 5.81. The van der Waals surface area contributed by atoms with Gasteiger partial charge in [0.25, 0.3) is 5.91 Å². The van der Waals surface area contributed by atoms with Crippen molar-refractivity contribution in [3.05, 3.63) is 48.0 Å². The highest BCUT2D eigenvalue weighted by atomic mass is 35.5. The zero-order valence-corrected chi connectivity index (χ0v) is 12.5. The summed E-state index contributed by atoms with van der Waals surface area (Å²) in [6, 6.07) is 9.38. The number of nitrogens with two attached hydrogens (primary N) is 1. The number of furan rings is 1. The van der Waals surface area contributed by atoms with Gasteiger partial charge in [0.05, 0.1) is 5.56 Å².